The van der Waals surface area contributed by atoms with Crippen molar-refractivity contribution in [1.82, 2.24) is 0 Å². The van der Waals surface area contributed by atoms with E-state index in [1.165, 1.54) is 24.2 Å². The number of fused-ring (bicyclic) bond motifs is 1. The third-order valence-electron chi connectivity index (χ3n) is 5.61. The van der Waals surface area contributed by atoms with E-state index < -0.39 is 6.23 Å². The molecular weight excluding hydrogens is 432 g/mol. The summed E-state index contributed by atoms with van der Waals surface area (Å²) < 4.78 is 11.5. The molecule has 0 saturated heterocycles. The van der Waals surface area contributed by atoms with Crippen LogP contribution in [0.4, 0.5) is 11.4 Å². The topological polar surface area (TPSA) is 54.3 Å². The molecule has 1 saturated carbocycles. The Kier molecular flexibility index (Phi) is 5.61. The summed E-state index contributed by atoms with van der Waals surface area (Å²) in [5.41, 5.74) is 2.62. The summed E-state index contributed by atoms with van der Waals surface area (Å²) in [6, 6.07) is 15.4. The first-order valence-electron chi connectivity index (χ1n) is 10.3. The van der Waals surface area contributed by atoms with Crippen LogP contribution in [-0.2, 0) is 0 Å². The first-order valence-corrected chi connectivity index (χ1v) is 11.5. The Labute approximate surface area is 190 Å². The van der Waals surface area contributed by atoms with Gasteiger partial charge in [-0.15, -0.1) is 11.3 Å². The van der Waals surface area contributed by atoms with Crippen molar-refractivity contribution in [3.05, 3.63) is 58.4 Å². The fourth-order valence-corrected chi connectivity index (χ4v) is 4.86. The molecule has 2 heterocycles. The number of thiophene rings is 1. The first-order chi connectivity index (χ1) is 15.1. The first kappa shape index (κ1) is 20.4. The fourth-order valence-electron chi connectivity index (χ4n) is 3.64. The van der Waals surface area contributed by atoms with Crippen LogP contribution in [0.5, 0.6) is 11.5 Å². The van der Waals surface area contributed by atoms with Crippen molar-refractivity contribution >= 4 is 40.7 Å². The molecule has 1 aliphatic carbocycles. The second kappa shape index (κ2) is 8.54. The SMILES string of the molecule is COc1cc(N2C=Nc3cc(-c4ccc(Cl)cc4)sc3C2O)ccc1OCCC1CC1. The Bertz CT molecular complexity index is 1110. The highest BCUT2D eigenvalue weighted by atomic mass is 35.5. The number of benzene rings is 2. The van der Waals surface area contributed by atoms with Gasteiger partial charge in [-0.25, -0.2) is 4.99 Å². The molecule has 5 nitrogen and oxygen atoms in total. The van der Waals surface area contributed by atoms with Gasteiger partial charge in [0, 0.05) is 21.7 Å². The second-order valence-electron chi connectivity index (χ2n) is 7.81. The van der Waals surface area contributed by atoms with E-state index in [2.05, 4.69) is 4.99 Å². The van der Waals surface area contributed by atoms with E-state index in [1.54, 1.807) is 18.3 Å². The van der Waals surface area contributed by atoms with Crippen molar-refractivity contribution in [1.29, 1.82) is 0 Å². The predicted octanol–water partition coefficient (Wildman–Crippen LogP) is 6.43. The minimum atomic E-state index is -0.829. The monoisotopic (exact) mass is 454 g/mol. The molecule has 1 atom stereocenters. The van der Waals surface area contributed by atoms with Crippen LogP contribution in [-0.4, -0.2) is 25.2 Å². The normalized spacial score (nSPS) is 17.5. The van der Waals surface area contributed by atoms with Crippen LogP contribution in [0.1, 0.15) is 30.4 Å². The third kappa shape index (κ3) is 4.28. The zero-order valence-corrected chi connectivity index (χ0v) is 18.7. The maximum Gasteiger partial charge on any atom is 0.169 e. The lowest BCUT2D eigenvalue weighted by Crippen LogP contribution is -2.28. The molecule has 3 aromatic rings. The Hall–Kier alpha value is -2.54. The van der Waals surface area contributed by atoms with E-state index in [-0.39, 0.29) is 0 Å². The molecule has 0 bridgehead atoms. The number of aliphatic hydroxyl groups is 1. The van der Waals surface area contributed by atoms with E-state index in [4.69, 9.17) is 21.1 Å². The lowest BCUT2D eigenvalue weighted by molar-refractivity contribution is 0.192. The number of hydrogen-bond donors (Lipinski definition) is 1. The lowest BCUT2D eigenvalue weighted by atomic mass is 10.1. The Balaban J connectivity index is 1.36. The second-order valence-corrected chi connectivity index (χ2v) is 9.33. The van der Waals surface area contributed by atoms with Gasteiger partial charge in [-0.1, -0.05) is 36.6 Å². The number of methoxy groups -OCH3 is 1. The van der Waals surface area contributed by atoms with Crippen molar-refractivity contribution in [2.75, 3.05) is 18.6 Å². The summed E-state index contributed by atoms with van der Waals surface area (Å²) in [6.07, 6.45) is 4.55. The van der Waals surface area contributed by atoms with Gasteiger partial charge >= 0.3 is 0 Å². The number of hydrogen-bond acceptors (Lipinski definition) is 6. The van der Waals surface area contributed by atoms with Crippen LogP contribution >= 0.6 is 22.9 Å². The number of rotatable bonds is 7. The largest absolute Gasteiger partial charge is 0.493 e. The number of halogens is 1. The van der Waals surface area contributed by atoms with Gasteiger partial charge in [-0.3, -0.25) is 0 Å². The molecule has 1 aromatic heterocycles. The molecule has 0 spiro atoms. The number of nitrogens with zero attached hydrogens (tertiary/aromatic N) is 2. The molecular formula is C24H23ClN2O3S. The van der Waals surface area contributed by atoms with Crippen molar-refractivity contribution in [3.63, 3.8) is 0 Å². The minimum Gasteiger partial charge on any atom is -0.493 e. The molecule has 1 unspecified atom stereocenters. The van der Waals surface area contributed by atoms with Crippen LogP contribution in [0, 0.1) is 5.92 Å². The van der Waals surface area contributed by atoms with E-state index in [0.717, 1.165) is 44.8 Å². The van der Waals surface area contributed by atoms with Crippen molar-refractivity contribution in [3.8, 4) is 21.9 Å². The minimum absolute atomic E-state index is 0.646. The molecule has 2 aromatic carbocycles. The van der Waals surface area contributed by atoms with Crippen molar-refractivity contribution in [2.45, 2.75) is 25.5 Å². The molecule has 160 valence electrons. The average Bonchev–Trinajstić information content (AvgIpc) is 3.50. The van der Waals surface area contributed by atoms with Gasteiger partial charge in [0.25, 0.3) is 0 Å². The molecule has 1 fully saturated rings. The highest BCUT2D eigenvalue weighted by Crippen LogP contribution is 2.45. The summed E-state index contributed by atoms with van der Waals surface area (Å²) in [5, 5.41) is 11.8. The number of aliphatic imine (C=N–C) groups is 1. The fraction of sp³-hybridized carbons (Fsp3) is 0.292. The summed E-state index contributed by atoms with van der Waals surface area (Å²) in [7, 11) is 1.63. The lowest BCUT2D eigenvalue weighted by Gasteiger charge is -2.28. The summed E-state index contributed by atoms with van der Waals surface area (Å²) in [5.74, 6) is 2.19. The summed E-state index contributed by atoms with van der Waals surface area (Å²) in [4.78, 5) is 8.15. The number of aliphatic hydroxyl groups excluding tert-OH is 1. The zero-order chi connectivity index (χ0) is 21.4. The standard InChI is InChI=1S/C24H23ClN2O3S/c1-29-21-12-18(8-9-20(21)30-11-10-15-2-3-15)27-14-26-19-13-22(31-23(19)24(27)28)16-4-6-17(25)7-5-16/h4-9,12-15,24,28H,2-3,10-11H2,1H3. The highest BCUT2D eigenvalue weighted by molar-refractivity contribution is 7.16. The molecule has 5 rings (SSSR count). The summed E-state index contributed by atoms with van der Waals surface area (Å²) >= 11 is 7.53. The average molecular weight is 455 g/mol. The Morgan fingerprint density at radius 3 is 2.68 bits per heavy atom. The van der Waals surface area contributed by atoms with Gasteiger partial charge in [0.15, 0.2) is 17.7 Å². The van der Waals surface area contributed by atoms with Crippen molar-refractivity contribution < 1.29 is 14.6 Å². The quantitative estimate of drug-likeness (QED) is 0.447. The van der Waals surface area contributed by atoms with E-state index in [9.17, 15) is 5.11 Å². The number of ether oxygens (including phenoxy) is 2. The van der Waals surface area contributed by atoms with Gasteiger partial charge in [-0.05, 0) is 48.2 Å². The Morgan fingerprint density at radius 1 is 1.13 bits per heavy atom. The van der Waals surface area contributed by atoms with Crippen LogP contribution in [0.25, 0.3) is 10.4 Å². The van der Waals surface area contributed by atoms with Crippen LogP contribution < -0.4 is 14.4 Å². The van der Waals surface area contributed by atoms with Gasteiger partial charge < -0.3 is 19.5 Å². The van der Waals surface area contributed by atoms with Gasteiger partial charge in [0.1, 0.15) is 0 Å². The smallest absolute Gasteiger partial charge is 0.169 e. The molecule has 1 aliphatic heterocycles. The number of anilines is 1. The predicted molar refractivity (Wildman–Crippen MR) is 126 cm³/mol. The van der Waals surface area contributed by atoms with Crippen LogP contribution in [0.15, 0.2) is 53.5 Å². The van der Waals surface area contributed by atoms with Gasteiger partial charge in [0.05, 0.1) is 30.6 Å². The van der Waals surface area contributed by atoms with E-state index in [1.807, 2.05) is 48.5 Å². The zero-order valence-electron chi connectivity index (χ0n) is 17.1. The molecule has 2 aliphatic rings. The van der Waals surface area contributed by atoms with Gasteiger partial charge in [-0.2, -0.15) is 0 Å². The Morgan fingerprint density at radius 2 is 1.94 bits per heavy atom. The molecule has 31 heavy (non-hydrogen) atoms. The van der Waals surface area contributed by atoms with Crippen LogP contribution in [0.2, 0.25) is 5.02 Å². The summed E-state index contributed by atoms with van der Waals surface area (Å²) in [6.45, 7) is 0.695. The third-order valence-corrected chi connectivity index (χ3v) is 7.08. The molecule has 7 heteroatoms. The highest BCUT2D eigenvalue weighted by Gasteiger charge is 2.27. The maximum atomic E-state index is 11.1. The van der Waals surface area contributed by atoms with Crippen LogP contribution in [0.3, 0.4) is 0 Å². The molecule has 0 amide bonds. The van der Waals surface area contributed by atoms with E-state index in [0.29, 0.717) is 17.4 Å². The molecule has 0 radical (unpaired) electrons. The van der Waals surface area contributed by atoms with Crippen molar-refractivity contribution in [2.24, 2.45) is 10.9 Å². The maximum absolute atomic E-state index is 11.1. The molecule has 1 N–H and O–H groups in total. The van der Waals surface area contributed by atoms with E-state index >= 15 is 0 Å². The van der Waals surface area contributed by atoms with Gasteiger partial charge in [0.2, 0.25) is 0 Å².